The van der Waals surface area contributed by atoms with Gasteiger partial charge in [-0.15, -0.1) is 13.2 Å². The minimum atomic E-state index is -4.93. The van der Waals surface area contributed by atoms with Crippen LogP contribution >= 0.6 is 0 Å². The lowest BCUT2D eigenvalue weighted by atomic mass is 10.1. The van der Waals surface area contributed by atoms with Crippen LogP contribution in [-0.4, -0.2) is 6.36 Å². The van der Waals surface area contributed by atoms with E-state index in [1.54, 1.807) is 0 Å². The number of benzene rings is 1. The number of rotatable bonds is 3. The summed E-state index contributed by atoms with van der Waals surface area (Å²) in [5.74, 6) is -0.687. The quantitative estimate of drug-likeness (QED) is 0.825. The van der Waals surface area contributed by atoms with Gasteiger partial charge < -0.3 is 10.5 Å². The Bertz CT molecular complexity index is 363. The van der Waals surface area contributed by atoms with Gasteiger partial charge in [-0.1, -0.05) is 12.1 Å². The standard InChI is InChI=1S/C9H8F5NO/c10-8(11)5-1-2-6(4-15)7(3-5)16-9(12,13)14/h1-3,8H,4,15H2. The van der Waals surface area contributed by atoms with Crippen molar-refractivity contribution in [2.45, 2.75) is 19.3 Å². The summed E-state index contributed by atoms with van der Waals surface area (Å²) in [4.78, 5) is 0. The van der Waals surface area contributed by atoms with Crippen molar-refractivity contribution in [2.24, 2.45) is 5.73 Å². The first-order valence-electron chi connectivity index (χ1n) is 4.20. The zero-order valence-corrected chi connectivity index (χ0v) is 7.89. The molecule has 0 bridgehead atoms. The van der Waals surface area contributed by atoms with Crippen LogP contribution in [0.1, 0.15) is 17.6 Å². The molecule has 90 valence electrons. The molecule has 0 heterocycles. The maximum atomic E-state index is 12.2. The van der Waals surface area contributed by atoms with Crippen LogP contribution in [0.4, 0.5) is 22.0 Å². The van der Waals surface area contributed by atoms with E-state index in [0.29, 0.717) is 6.07 Å². The topological polar surface area (TPSA) is 35.2 Å². The van der Waals surface area contributed by atoms with Gasteiger partial charge in [0.15, 0.2) is 0 Å². The highest BCUT2D eigenvalue weighted by Gasteiger charge is 2.32. The predicted octanol–water partition coefficient (Wildman–Crippen LogP) is 2.98. The second-order valence-electron chi connectivity index (χ2n) is 2.92. The van der Waals surface area contributed by atoms with Crippen molar-refractivity contribution in [1.82, 2.24) is 0 Å². The first-order chi connectivity index (χ1) is 7.33. The smallest absolute Gasteiger partial charge is 0.405 e. The van der Waals surface area contributed by atoms with Gasteiger partial charge in [0.05, 0.1) is 0 Å². The summed E-state index contributed by atoms with van der Waals surface area (Å²) in [6.45, 7) is -0.227. The minimum Gasteiger partial charge on any atom is -0.405 e. The van der Waals surface area contributed by atoms with E-state index >= 15 is 0 Å². The zero-order valence-electron chi connectivity index (χ0n) is 7.89. The van der Waals surface area contributed by atoms with Crippen molar-refractivity contribution in [3.05, 3.63) is 29.3 Å². The average Bonchev–Trinajstić information content (AvgIpc) is 2.15. The molecule has 0 unspecified atom stereocenters. The van der Waals surface area contributed by atoms with Gasteiger partial charge in [-0.2, -0.15) is 0 Å². The zero-order chi connectivity index (χ0) is 12.3. The summed E-state index contributed by atoms with van der Waals surface area (Å²) in [5.41, 5.74) is 4.63. The molecule has 1 aromatic carbocycles. The largest absolute Gasteiger partial charge is 0.573 e. The molecule has 7 heteroatoms. The van der Waals surface area contributed by atoms with Gasteiger partial charge in [-0.25, -0.2) is 8.78 Å². The number of halogens is 5. The van der Waals surface area contributed by atoms with Gasteiger partial charge in [0.25, 0.3) is 6.43 Å². The molecule has 0 fully saturated rings. The Kier molecular flexibility index (Phi) is 3.69. The summed E-state index contributed by atoms with van der Waals surface area (Å²) >= 11 is 0. The average molecular weight is 241 g/mol. The van der Waals surface area contributed by atoms with E-state index in [0.717, 1.165) is 12.1 Å². The molecule has 0 saturated carbocycles. The van der Waals surface area contributed by atoms with Crippen molar-refractivity contribution in [1.29, 1.82) is 0 Å². The lowest BCUT2D eigenvalue weighted by molar-refractivity contribution is -0.274. The van der Waals surface area contributed by atoms with Gasteiger partial charge in [0, 0.05) is 17.7 Å². The van der Waals surface area contributed by atoms with Crippen molar-refractivity contribution < 1.29 is 26.7 Å². The summed E-state index contributed by atoms with van der Waals surface area (Å²) in [7, 11) is 0. The Hall–Kier alpha value is -1.37. The van der Waals surface area contributed by atoms with Gasteiger partial charge >= 0.3 is 6.36 Å². The molecular weight excluding hydrogens is 233 g/mol. The number of ether oxygens (including phenoxy) is 1. The Morgan fingerprint density at radius 2 is 1.88 bits per heavy atom. The van der Waals surface area contributed by atoms with Crippen molar-refractivity contribution in [3.8, 4) is 5.75 Å². The normalized spacial score (nSPS) is 11.9. The van der Waals surface area contributed by atoms with E-state index in [4.69, 9.17) is 5.73 Å². The molecule has 1 rings (SSSR count). The fraction of sp³-hybridized carbons (Fsp3) is 0.333. The minimum absolute atomic E-state index is 0.0155. The van der Waals surface area contributed by atoms with E-state index in [9.17, 15) is 22.0 Å². The van der Waals surface area contributed by atoms with Gasteiger partial charge in [-0.3, -0.25) is 0 Å². The van der Waals surface area contributed by atoms with Crippen LogP contribution in [0.2, 0.25) is 0 Å². The highest BCUT2D eigenvalue weighted by Crippen LogP contribution is 2.30. The number of nitrogens with two attached hydrogens (primary N) is 1. The van der Waals surface area contributed by atoms with Gasteiger partial charge in [0.2, 0.25) is 0 Å². The molecule has 0 aliphatic rings. The van der Waals surface area contributed by atoms with Crippen molar-refractivity contribution >= 4 is 0 Å². The highest BCUT2D eigenvalue weighted by molar-refractivity contribution is 5.38. The Morgan fingerprint density at radius 3 is 2.31 bits per heavy atom. The summed E-state index contributed by atoms with van der Waals surface area (Å²) < 4.78 is 63.9. The van der Waals surface area contributed by atoms with Crippen LogP contribution in [-0.2, 0) is 6.54 Å². The van der Waals surface area contributed by atoms with E-state index in [2.05, 4.69) is 4.74 Å². The lowest BCUT2D eigenvalue weighted by Crippen LogP contribution is -2.19. The van der Waals surface area contributed by atoms with Crippen LogP contribution < -0.4 is 10.5 Å². The maximum Gasteiger partial charge on any atom is 0.573 e. The first-order valence-corrected chi connectivity index (χ1v) is 4.20. The van der Waals surface area contributed by atoms with Crippen LogP contribution in [0, 0.1) is 0 Å². The number of alkyl halides is 5. The molecule has 0 spiro atoms. The number of hydrogen-bond donors (Lipinski definition) is 1. The second-order valence-corrected chi connectivity index (χ2v) is 2.92. The fourth-order valence-corrected chi connectivity index (χ4v) is 1.10. The predicted molar refractivity (Wildman–Crippen MR) is 46.0 cm³/mol. The molecule has 1 aromatic rings. The van der Waals surface area contributed by atoms with Crippen LogP contribution in [0.25, 0.3) is 0 Å². The third kappa shape index (κ3) is 3.34. The first kappa shape index (κ1) is 12.7. The molecule has 2 N–H and O–H groups in total. The fourth-order valence-electron chi connectivity index (χ4n) is 1.10. The Balaban J connectivity index is 3.07. The third-order valence-corrected chi connectivity index (χ3v) is 1.79. The summed E-state index contributed by atoms with van der Waals surface area (Å²) in [6.07, 6.45) is -7.78. The van der Waals surface area contributed by atoms with Gasteiger partial charge in [-0.05, 0) is 6.07 Å². The molecule has 0 radical (unpaired) electrons. The number of hydrogen-bond acceptors (Lipinski definition) is 2. The molecule has 0 aromatic heterocycles. The van der Waals surface area contributed by atoms with Crippen LogP contribution in [0.15, 0.2) is 18.2 Å². The van der Waals surface area contributed by atoms with Crippen molar-refractivity contribution in [2.75, 3.05) is 0 Å². The summed E-state index contributed by atoms with van der Waals surface area (Å²) in [5, 5.41) is 0. The Morgan fingerprint density at radius 1 is 1.25 bits per heavy atom. The molecule has 0 aliphatic heterocycles. The summed E-state index contributed by atoms with van der Waals surface area (Å²) in [6, 6.07) is 2.74. The van der Waals surface area contributed by atoms with Gasteiger partial charge in [0.1, 0.15) is 5.75 Å². The van der Waals surface area contributed by atoms with Crippen molar-refractivity contribution in [3.63, 3.8) is 0 Å². The highest BCUT2D eigenvalue weighted by atomic mass is 19.4. The second kappa shape index (κ2) is 4.65. The van der Waals surface area contributed by atoms with E-state index < -0.39 is 24.1 Å². The monoisotopic (exact) mass is 241 g/mol. The molecule has 0 aliphatic carbocycles. The van der Waals surface area contributed by atoms with Crippen LogP contribution in [0.5, 0.6) is 5.75 Å². The van der Waals surface area contributed by atoms with E-state index in [1.807, 2.05) is 0 Å². The molecule has 2 nitrogen and oxygen atoms in total. The molecule has 0 saturated heterocycles. The van der Waals surface area contributed by atoms with E-state index in [-0.39, 0.29) is 12.1 Å². The molecule has 16 heavy (non-hydrogen) atoms. The lowest BCUT2D eigenvalue weighted by Gasteiger charge is -2.13. The van der Waals surface area contributed by atoms with Crippen LogP contribution in [0.3, 0.4) is 0 Å². The Labute approximate surface area is 87.8 Å². The molecule has 0 amide bonds. The van der Waals surface area contributed by atoms with E-state index in [1.165, 1.54) is 0 Å². The maximum absolute atomic E-state index is 12.2. The third-order valence-electron chi connectivity index (χ3n) is 1.79. The molecular formula is C9H8F5NO. The SMILES string of the molecule is NCc1ccc(C(F)F)cc1OC(F)(F)F. The molecule has 0 atom stereocenters.